The molecule has 0 radical (unpaired) electrons. The number of carboxylic acid groups (broad SMARTS) is 1. The summed E-state index contributed by atoms with van der Waals surface area (Å²) >= 11 is 0. The van der Waals surface area contributed by atoms with Gasteiger partial charge in [0.15, 0.2) is 0 Å². The summed E-state index contributed by atoms with van der Waals surface area (Å²) in [5.41, 5.74) is 2.84. The molecule has 4 nitrogen and oxygen atoms in total. The van der Waals surface area contributed by atoms with E-state index in [9.17, 15) is 4.79 Å². The Morgan fingerprint density at radius 1 is 1.32 bits per heavy atom. The van der Waals surface area contributed by atoms with Gasteiger partial charge < -0.3 is 10.0 Å². The van der Waals surface area contributed by atoms with Crippen molar-refractivity contribution in [2.24, 2.45) is 0 Å². The molecule has 0 unspecified atom stereocenters. The predicted octanol–water partition coefficient (Wildman–Crippen LogP) is 1.60. The number of benzene rings is 1. The lowest BCUT2D eigenvalue weighted by atomic mass is 9.94. The highest BCUT2D eigenvalue weighted by Gasteiger charge is 2.31. The number of piperazine rings is 1. The minimum Gasteiger partial charge on any atom is -0.481 e. The number of nitrogens with zero attached hydrogens (tertiary/aromatic N) is 2. The molecule has 0 bridgehead atoms. The molecule has 4 heteroatoms. The number of carboxylic acids is 1. The molecule has 19 heavy (non-hydrogen) atoms. The summed E-state index contributed by atoms with van der Waals surface area (Å²) in [4.78, 5) is 15.5. The molecule has 1 aromatic carbocycles. The molecule has 1 atom stereocenters. The van der Waals surface area contributed by atoms with Crippen molar-refractivity contribution < 1.29 is 9.90 Å². The van der Waals surface area contributed by atoms with Gasteiger partial charge in [0.1, 0.15) is 0 Å². The maximum atomic E-state index is 10.7. The summed E-state index contributed by atoms with van der Waals surface area (Å²) < 4.78 is 0. The lowest BCUT2D eigenvalue weighted by Crippen LogP contribution is -2.55. The third-order valence-corrected chi connectivity index (χ3v) is 4.26. The van der Waals surface area contributed by atoms with E-state index in [-0.39, 0.29) is 6.42 Å². The number of aliphatic carboxylic acids is 1. The molecule has 1 saturated heterocycles. The van der Waals surface area contributed by atoms with Crippen LogP contribution < -0.4 is 4.90 Å². The normalized spacial score (nSPS) is 22.7. The Morgan fingerprint density at radius 2 is 2.16 bits per heavy atom. The minimum atomic E-state index is -0.698. The van der Waals surface area contributed by atoms with Crippen LogP contribution in [0.4, 0.5) is 5.69 Å². The van der Waals surface area contributed by atoms with E-state index in [4.69, 9.17) is 5.11 Å². The van der Waals surface area contributed by atoms with Crippen LogP contribution in [-0.4, -0.2) is 48.2 Å². The van der Waals surface area contributed by atoms with E-state index >= 15 is 0 Å². The molecule has 2 aliphatic rings. The van der Waals surface area contributed by atoms with Gasteiger partial charge in [-0.2, -0.15) is 0 Å². The number of hydrogen-bond donors (Lipinski definition) is 1. The molecule has 0 aromatic heterocycles. The van der Waals surface area contributed by atoms with Gasteiger partial charge in [-0.25, -0.2) is 0 Å². The number of aryl methyl sites for hydroxylation is 1. The van der Waals surface area contributed by atoms with Gasteiger partial charge in [-0.15, -0.1) is 0 Å². The van der Waals surface area contributed by atoms with Crippen LogP contribution in [0.3, 0.4) is 0 Å². The van der Waals surface area contributed by atoms with E-state index in [1.165, 1.54) is 17.7 Å². The van der Waals surface area contributed by atoms with Gasteiger partial charge in [0.2, 0.25) is 0 Å². The molecule has 1 aromatic rings. The fraction of sp³-hybridized carbons (Fsp3) is 0.533. The van der Waals surface area contributed by atoms with E-state index in [2.05, 4.69) is 34.1 Å². The van der Waals surface area contributed by atoms with Crippen molar-refractivity contribution in [3.63, 3.8) is 0 Å². The topological polar surface area (TPSA) is 43.8 Å². The van der Waals surface area contributed by atoms with Crippen molar-refractivity contribution >= 4 is 11.7 Å². The average Bonchev–Trinajstić information content (AvgIpc) is 2.44. The largest absolute Gasteiger partial charge is 0.481 e. The van der Waals surface area contributed by atoms with Gasteiger partial charge >= 0.3 is 5.97 Å². The second kappa shape index (κ2) is 5.21. The maximum Gasteiger partial charge on any atom is 0.304 e. The number of para-hydroxylation sites is 1. The molecular formula is C15H20N2O2. The highest BCUT2D eigenvalue weighted by Crippen LogP contribution is 2.32. The first kappa shape index (κ1) is 12.5. The van der Waals surface area contributed by atoms with Crippen LogP contribution in [0.5, 0.6) is 0 Å². The molecular weight excluding hydrogens is 240 g/mol. The van der Waals surface area contributed by atoms with Crippen molar-refractivity contribution in [3.05, 3.63) is 29.8 Å². The van der Waals surface area contributed by atoms with Crippen LogP contribution in [0.25, 0.3) is 0 Å². The summed E-state index contributed by atoms with van der Waals surface area (Å²) in [5.74, 6) is -0.698. The Kier molecular flexibility index (Phi) is 3.42. The number of rotatable bonds is 3. The molecule has 0 spiro atoms. The molecule has 2 aliphatic heterocycles. The van der Waals surface area contributed by atoms with Gasteiger partial charge in [0.05, 0.1) is 6.42 Å². The molecule has 0 saturated carbocycles. The first-order valence-corrected chi connectivity index (χ1v) is 7.03. The SMILES string of the molecule is O=C(O)CCN1CCN2c3ccccc3CC[C@@H]2C1. The Hall–Kier alpha value is -1.55. The molecule has 3 rings (SSSR count). The quantitative estimate of drug-likeness (QED) is 0.896. The Bertz CT molecular complexity index is 475. The predicted molar refractivity (Wildman–Crippen MR) is 74.6 cm³/mol. The van der Waals surface area contributed by atoms with Gasteiger partial charge in [0.25, 0.3) is 0 Å². The van der Waals surface area contributed by atoms with Crippen molar-refractivity contribution in [1.82, 2.24) is 4.90 Å². The standard InChI is InChI=1S/C15H20N2O2/c18-15(19)7-8-16-9-10-17-13(11-16)6-5-12-3-1-2-4-14(12)17/h1-4,13H,5-11H2,(H,18,19)/t13-/m1/s1. The van der Waals surface area contributed by atoms with E-state index in [1.54, 1.807) is 0 Å². The summed E-state index contributed by atoms with van der Waals surface area (Å²) in [7, 11) is 0. The van der Waals surface area contributed by atoms with Crippen molar-refractivity contribution in [1.29, 1.82) is 0 Å². The third kappa shape index (κ3) is 2.59. The van der Waals surface area contributed by atoms with Crippen LogP contribution in [0.15, 0.2) is 24.3 Å². The lowest BCUT2D eigenvalue weighted by Gasteiger charge is -2.46. The van der Waals surface area contributed by atoms with Crippen molar-refractivity contribution in [3.8, 4) is 0 Å². The van der Waals surface area contributed by atoms with Crippen LogP contribution in [-0.2, 0) is 11.2 Å². The number of carbonyl (C=O) groups is 1. The molecule has 0 amide bonds. The van der Waals surface area contributed by atoms with Crippen LogP contribution in [0.2, 0.25) is 0 Å². The van der Waals surface area contributed by atoms with Gasteiger partial charge in [-0.05, 0) is 24.5 Å². The Labute approximate surface area is 113 Å². The van der Waals surface area contributed by atoms with Crippen LogP contribution in [0.1, 0.15) is 18.4 Å². The highest BCUT2D eigenvalue weighted by atomic mass is 16.4. The van der Waals surface area contributed by atoms with Gasteiger partial charge in [0, 0.05) is 37.9 Å². The third-order valence-electron chi connectivity index (χ3n) is 4.26. The molecule has 2 heterocycles. The van der Waals surface area contributed by atoms with Gasteiger partial charge in [-0.1, -0.05) is 18.2 Å². The summed E-state index contributed by atoms with van der Waals surface area (Å²) in [6, 6.07) is 9.22. The van der Waals surface area contributed by atoms with Gasteiger partial charge in [-0.3, -0.25) is 9.69 Å². The van der Waals surface area contributed by atoms with Crippen LogP contribution >= 0.6 is 0 Å². The average molecular weight is 260 g/mol. The maximum absolute atomic E-state index is 10.7. The molecule has 102 valence electrons. The zero-order valence-corrected chi connectivity index (χ0v) is 11.1. The van der Waals surface area contributed by atoms with E-state index in [0.29, 0.717) is 12.6 Å². The monoisotopic (exact) mass is 260 g/mol. The van der Waals surface area contributed by atoms with E-state index in [1.807, 2.05) is 0 Å². The van der Waals surface area contributed by atoms with E-state index < -0.39 is 5.97 Å². The number of fused-ring (bicyclic) bond motifs is 3. The lowest BCUT2D eigenvalue weighted by molar-refractivity contribution is -0.137. The molecule has 1 N–H and O–H groups in total. The summed E-state index contributed by atoms with van der Waals surface area (Å²) in [6.07, 6.45) is 2.58. The zero-order chi connectivity index (χ0) is 13.2. The Morgan fingerprint density at radius 3 is 3.00 bits per heavy atom. The fourth-order valence-corrected chi connectivity index (χ4v) is 3.27. The summed E-state index contributed by atoms with van der Waals surface area (Å²) in [5, 5.41) is 8.77. The second-order valence-electron chi connectivity index (χ2n) is 5.46. The highest BCUT2D eigenvalue weighted by molar-refractivity contribution is 5.66. The van der Waals surface area contributed by atoms with Crippen molar-refractivity contribution in [2.45, 2.75) is 25.3 Å². The zero-order valence-electron chi connectivity index (χ0n) is 11.1. The molecule has 1 fully saturated rings. The molecule has 0 aliphatic carbocycles. The number of anilines is 1. The first-order chi connectivity index (χ1) is 9.24. The fourth-order valence-electron chi connectivity index (χ4n) is 3.27. The second-order valence-corrected chi connectivity index (χ2v) is 5.46. The minimum absolute atomic E-state index is 0.253. The first-order valence-electron chi connectivity index (χ1n) is 7.03. The van der Waals surface area contributed by atoms with Crippen molar-refractivity contribution in [2.75, 3.05) is 31.1 Å². The van der Waals surface area contributed by atoms with E-state index in [0.717, 1.165) is 26.1 Å². The summed E-state index contributed by atoms with van der Waals surface area (Å²) in [6.45, 7) is 3.67. The Balaban J connectivity index is 1.67. The van der Waals surface area contributed by atoms with Crippen LogP contribution in [0, 0.1) is 0 Å². The number of hydrogen-bond acceptors (Lipinski definition) is 3. The smallest absolute Gasteiger partial charge is 0.304 e.